The van der Waals surface area contributed by atoms with Crippen LogP contribution in [-0.2, 0) is 11.3 Å². The molecular formula is C23H24N6O3S. The lowest BCUT2D eigenvalue weighted by Gasteiger charge is -2.11. The first-order chi connectivity index (χ1) is 16.0. The number of nitrogens with two attached hydrogens (primary N) is 1. The number of hydrogen-bond donors (Lipinski definition) is 2. The van der Waals surface area contributed by atoms with E-state index < -0.39 is 0 Å². The lowest BCUT2D eigenvalue weighted by atomic mass is 10.1. The fourth-order valence-electron chi connectivity index (χ4n) is 3.32. The smallest absolute Gasteiger partial charge is 0.264 e. The van der Waals surface area contributed by atoms with Crippen molar-refractivity contribution in [2.75, 3.05) is 23.9 Å². The van der Waals surface area contributed by atoms with Crippen LogP contribution in [0.2, 0.25) is 0 Å². The van der Waals surface area contributed by atoms with E-state index in [-0.39, 0.29) is 24.2 Å². The molecule has 0 aliphatic rings. The summed E-state index contributed by atoms with van der Waals surface area (Å²) in [5, 5.41) is 12.0. The van der Waals surface area contributed by atoms with Crippen molar-refractivity contribution in [3.05, 3.63) is 54.1 Å². The number of nitrogens with one attached hydrogen (secondary N) is 1. The number of aromatic nitrogens is 4. The van der Waals surface area contributed by atoms with Gasteiger partial charge in [0.1, 0.15) is 28.7 Å². The standard InChI is InChI=1S/C23H24N6O3S/c1-4-31-17-11-6-5-10-16(17)25-18(30)13-29-20(24)19(23(27-29)33-3)22-26-21(28-32-22)15-9-7-8-14(2)12-15/h5-12H,4,13,24H2,1-3H3,(H,25,30). The molecule has 170 valence electrons. The molecule has 4 rings (SSSR count). The average Bonchev–Trinajstić information content (AvgIpc) is 3.40. The molecule has 0 unspecified atom stereocenters. The Hall–Kier alpha value is -3.79. The molecule has 4 aromatic rings. The molecule has 10 heteroatoms. The van der Waals surface area contributed by atoms with E-state index in [2.05, 4.69) is 20.6 Å². The van der Waals surface area contributed by atoms with Crippen molar-refractivity contribution in [3.8, 4) is 28.6 Å². The number of nitrogen functional groups attached to an aromatic ring is 1. The summed E-state index contributed by atoms with van der Waals surface area (Å²) in [6.07, 6.45) is 1.87. The Labute approximate surface area is 195 Å². The molecule has 2 aromatic carbocycles. The van der Waals surface area contributed by atoms with Crippen LogP contribution >= 0.6 is 11.8 Å². The lowest BCUT2D eigenvalue weighted by Crippen LogP contribution is -2.21. The minimum Gasteiger partial charge on any atom is -0.492 e. The molecule has 0 saturated carbocycles. The molecule has 0 aliphatic carbocycles. The number of nitrogens with zero attached hydrogens (tertiary/aromatic N) is 4. The summed E-state index contributed by atoms with van der Waals surface area (Å²) in [5.74, 6) is 1.29. The third kappa shape index (κ3) is 4.85. The number of carbonyl (C=O) groups is 1. The molecule has 0 fully saturated rings. The van der Waals surface area contributed by atoms with Crippen LogP contribution in [0.1, 0.15) is 12.5 Å². The van der Waals surface area contributed by atoms with Crippen molar-refractivity contribution in [1.29, 1.82) is 0 Å². The zero-order chi connectivity index (χ0) is 23.4. The highest BCUT2D eigenvalue weighted by Crippen LogP contribution is 2.35. The Morgan fingerprint density at radius 2 is 2.06 bits per heavy atom. The van der Waals surface area contributed by atoms with Gasteiger partial charge in [-0.3, -0.25) is 4.79 Å². The quantitative estimate of drug-likeness (QED) is 0.371. The highest BCUT2D eigenvalue weighted by atomic mass is 32.2. The minimum absolute atomic E-state index is 0.0846. The average molecular weight is 465 g/mol. The summed E-state index contributed by atoms with van der Waals surface area (Å²) in [5.41, 5.74) is 9.38. The van der Waals surface area contributed by atoms with Gasteiger partial charge in [0.05, 0.1) is 12.3 Å². The summed E-state index contributed by atoms with van der Waals surface area (Å²) in [4.78, 5) is 17.2. The maximum absolute atomic E-state index is 12.7. The van der Waals surface area contributed by atoms with Crippen LogP contribution in [0.15, 0.2) is 58.1 Å². The molecule has 1 amide bonds. The van der Waals surface area contributed by atoms with Crippen LogP contribution in [0.4, 0.5) is 11.5 Å². The van der Waals surface area contributed by atoms with Gasteiger partial charge in [-0.05, 0) is 38.3 Å². The number of aryl methyl sites for hydroxylation is 1. The fraction of sp³-hybridized carbons (Fsp3) is 0.217. The van der Waals surface area contributed by atoms with E-state index in [1.807, 2.05) is 56.5 Å². The number of anilines is 2. The molecule has 0 radical (unpaired) electrons. The third-order valence-electron chi connectivity index (χ3n) is 4.82. The van der Waals surface area contributed by atoms with E-state index >= 15 is 0 Å². The topological polar surface area (TPSA) is 121 Å². The maximum Gasteiger partial charge on any atom is 0.264 e. The summed E-state index contributed by atoms with van der Waals surface area (Å²) >= 11 is 1.38. The third-order valence-corrected chi connectivity index (χ3v) is 5.50. The van der Waals surface area contributed by atoms with Gasteiger partial charge < -0.3 is 20.3 Å². The van der Waals surface area contributed by atoms with E-state index in [1.165, 1.54) is 16.4 Å². The summed E-state index contributed by atoms with van der Waals surface area (Å²) in [6.45, 7) is 4.29. The molecule has 3 N–H and O–H groups in total. The van der Waals surface area contributed by atoms with E-state index in [0.29, 0.717) is 34.5 Å². The first-order valence-electron chi connectivity index (χ1n) is 10.3. The first-order valence-corrected chi connectivity index (χ1v) is 11.6. The Bertz CT molecular complexity index is 1280. The maximum atomic E-state index is 12.7. The van der Waals surface area contributed by atoms with Crippen molar-refractivity contribution < 1.29 is 14.1 Å². The number of hydrogen-bond acceptors (Lipinski definition) is 8. The molecule has 0 saturated heterocycles. The molecule has 9 nitrogen and oxygen atoms in total. The number of amides is 1. The Morgan fingerprint density at radius 3 is 2.82 bits per heavy atom. The van der Waals surface area contributed by atoms with Crippen LogP contribution in [0.3, 0.4) is 0 Å². The molecule has 0 spiro atoms. The van der Waals surface area contributed by atoms with Crippen LogP contribution in [0.25, 0.3) is 22.8 Å². The number of thioether (sulfide) groups is 1. The van der Waals surface area contributed by atoms with Crippen LogP contribution in [-0.4, -0.2) is 38.7 Å². The molecule has 2 aromatic heterocycles. The second kappa shape index (κ2) is 9.78. The number of benzene rings is 2. The largest absolute Gasteiger partial charge is 0.492 e. The van der Waals surface area contributed by atoms with Crippen LogP contribution in [0, 0.1) is 6.92 Å². The second-order valence-electron chi connectivity index (χ2n) is 7.20. The van der Waals surface area contributed by atoms with Crippen molar-refractivity contribution in [2.45, 2.75) is 25.4 Å². The Balaban J connectivity index is 1.58. The highest BCUT2D eigenvalue weighted by Gasteiger charge is 2.24. The number of carbonyl (C=O) groups excluding carboxylic acids is 1. The first kappa shape index (κ1) is 22.4. The SMILES string of the molecule is CCOc1ccccc1NC(=O)Cn1nc(SC)c(-c2nc(-c3cccc(C)c3)no2)c1N. The van der Waals surface area contributed by atoms with Gasteiger partial charge >= 0.3 is 0 Å². The van der Waals surface area contributed by atoms with Gasteiger partial charge in [-0.25, -0.2) is 4.68 Å². The van der Waals surface area contributed by atoms with E-state index in [0.717, 1.165) is 11.1 Å². The monoisotopic (exact) mass is 464 g/mol. The molecular weight excluding hydrogens is 440 g/mol. The van der Waals surface area contributed by atoms with Gasteiger partial charge in [0.2, 0.25) is 11.7 Å². The zero-order valence-corrected chi connectivity index (χ0v) is 19.3. The van der Waals surface area contributed by atoms with Gasteiger partial charge in [0.25, 0.3) is 5.89 Å². The van der Waals surface area contributed by atoms with Crippen molar-refractivity contribution >= 4 is 29.2 Å². The van der Waals surface area contributed by atoms with Gasteiger partial charge in [-0.15, -0.1) is 11.8 Å². The molecule has 33 heavy (non-hydrogen) atoms. The number of ether oxygens (including phenoxy) is 1. The van der Waals surface area contributed by atoms with Gasteiger partial charge in [-0.2, -0.15) is 10.1 Å². The normalized spacial score (nSPS) is 10.9. The molecule has 0 bridgehead atoms. The molecule has 0 atom stereocenters. The van der Waals surface area contributed by atoms with Crippen LogP contribution < -0.4 is 15.8 Å². The second-order valence-corrected chi connectivity index (χ2v) is 7.99. The zero-order valence-electron chi connectivity index (χ0n) is 18.5. The van der Waals surface area contributed by atoms with Gasteiger partial charge in [-0.1, -0.05) is 41.1 Å². The van der Waals surface area contributed by atoms with Crippen molar-refractivity contribution in [2.24, 2.45) is 0 Å². The lowest BCUT2D eigenvalue weighted by molar-refractivity contribution is -0.116. The van der Waals surface area contributed by atoms with E-state index in [1.54, 1.807) is 12.1 Å². The van der Waals surface area contributed by atoms with E-state index in [9.17, 15) is 4.79 Å². The number of rotatable bonds is 8. The van der Waals surface area contributed by atoms with Crippen molar-refractivity contribution in [1.82, 2.24) is 19.9 Å². The Kier molecular flexibility index (Phi) is 6.64. The fourth-order valence-corrected chi connectivity index (χ4v) is 3.90. The molecule has 0 aliphatic heterocycles. The molecule has 2 heterocycles. The van der Waals surface area contributed by atoms with E-state index in [4.69, 9.17) is 15.0 Å². The highest BCUT2D eigenvalue weighted by molar-refractivity contribution is 7.98. The minimum atomic E-state index is -0.290. The summed E-state index contributed by atoms with van der Waals surface area (Å²) < 4.78 is 12.5. The predicted octanol–water partition coefficient (Wildman–Crippen LogP) is 4.25. The predicted molar refractivity (Wildman–Crippen MR) is 128 cm³/mol. The van der Waals surface area contributed by atoms with Gasteiger partial charge in [0, 0.05) is 5.56 Å². The summed E-state index contributed by atoms with van der Waals surface area (Å²) in [7, 11) is 0. The summed E-state index contributed by atoms with van der Waals surface area (Å²) in [6, 6.07) is 15.1. The van der Waals surface area contributed by atoms with Gasteiger partial charge in [0.15, 0.2) is 0 Å². The Morgan fingerprint density at radius 1 is 1.24 bits per heavy atom. The number of para-hydroxylation sites is 2. The van der Waals surface area contributed by atoms with Crippen LogP contribution in [0.5, 0.6) is 5.75 Å². The van der Waals surface area contributed by atoms with Crippen molar-refractivity contribution in [3.63, 3.8) is 0 Å².